The second kappa shape index (κ2) is 5.75. The third-order valence-corrected chi connectivity index (χ3v) is 4.06. The van der Waals surface area contributed by atoms with E-state index in [4.69, 9.17) is 5.73 Å². The number of unbranched alkanes of at least 4 members (excludes halogenated alkanes) is 2. The number of hydrogen-bond acceptors (Lipinski definition) is 3. The van der Waals surface area contributed by atoms with Gasteiger partial charge in [0.2, 0.25) is 0 Å². The van der Waals surface area contributed by atoms with E-state index >= 15 is 0 Å². The summed E-state index contributed by atoms with van der Waals surface area (Å²) in [5.41, 5.74) is 6.58. The fourth-order valence-electron chi connectivity index (χ4n) is 1.65. The predicted molar refractivity (Wildman–Crippen MR) is 73.9 cm³/mol. The molecule has 0 amide bonds. The van der Waals surface area contributed by atoms with Crippen LogP contribution >= 0.6 is 27.3 Å². The van der Waals surface area contributed by atoms with E-state index < -0.39 is 0 Å². The minimum Gasteiger partial charge on any atom is -0.330 e. The number of thiazole rings is 1. The van der Waals surface area contributed by atoms with Crippen LogP contribution in [0.3, 0.4) is 0 Å². The molecule has 0 aliphatic heterocycles. The Bertz CT molecular complexity index is 467. The van der Waals surface area contributed by atoms with Crippen molar-refractivity contribution in [3.63, 3.8) is 0 Å². The van der Waals surface area contributed by atoms with Crippen molar-refractivity contribution in [3.8, 4) is 0 Å². The normalized spacial score (nSPS) is 11.1. The zero-order valence-corrected chi connectivity index (χ0v) is 11.5. The molecule has 1 heterocycles. The van der Waals surface area contributed by atoms with Gasteiger partial charge in [-0.05, 0) is 44.0 Å². The molecule has 2 aromatic rings. The first kappa shape index (κ1) is 12.0. The molecule has 0 saturated carbocycles. The second-order valence-electron chi connectivity index (χ2n) is 3.82. The van der Waals surface area contributed by atoms with E-state index in [2.05, 4.69) is 33.0 Å². The Hall–Kier alpha value is -0.450. The van der Waals surface area contributed by atoms with Gasteiger partial charge in [-0.2, -0.15) is 0 Å². The molecule has 2 N–H and O–H groups in total. The van der Waals surface area contributed by atoms with Gasteiger partial charge in [0.25, 0.3) is 0 Å². The van der Waals surface area contributed by atoms with Gasteiger partial charge < -0.3 is 5.73 Å². The number of nitrogens with two attached hydrogens (primary N) is 1. The Labute approximate surface area is 108 Å². The van der Waals surface area contributed by atoms with Gasteiger partial charge in [-0.25, -0.2) is 4.98 Å². The topological polar surface area (TPSA) is 38.9 Å². The summed E-state index contributed by atoms with van der Waals surface area (Å²) >= 11 is 5.28. The van der Waals surface area contributed by atoms with Gasteiger partial charge in [0.15, 0.2) is 0 Å². The van der Waals surface area contributed by atoms with Crippen LogP contribution in [0.1, 0.15) is 24.3 Å². The summed E-state index contributed by atoms with van der Waals surface area (Å²) in [7, 11) is 0. The van der Waals surface area contributed by atoms with Crippen molar-refractivity contribution in [1.82, 2.24) is 4.98 Å². The fraction of sp³-hybridized carbons (Fsp3) is 0.417. The Morgan fingerprint density at radius 2 is 2.12 bits per heavy atom. The molecule has 4 heteroatoms. The van der Waals surface area contributed by atoms with E-state index in [0.29, 0.717) is 0 Å². The van der Waals surface area contributed by atoms with E-state index in [-0.39, 0.29) is 0 Å². The quantitative estimate of drug-likeness (QED) is 0.854. The van der Waals surface area contributed by atoms with Crippen molar-refractivity contribution in [2.45, 2.75) is 25.7 Å². The summed E-state index contributed by atoms with van der Waals surface area (Å²) in [4.78, 5) is 4.62. The standard InChI is InChI=1S/C12H15BrN2S/c13-9-5-6-10-11(8-9)16-12(15-10)4-2-1-3-7-14/h5-6,8H,1-4,7,14H2. The van der Waals surface area contributed by atoms with Crippen molar-refractivity contribution in [2.24, 2.45) is 5.73 Å². The van der Waals surface area contributed by atoms with Gasteiger partial charge in [-0.15, -0.1) is 11.3 Å². The molecule has 0 fully saturated rings. The van der Waals surface area contributed by atoms with Crippen LogP contribution in [0.25, 0.3) is 10.2 Å². The fourth-order valence-corrected chi connectivity index (χ4v) is 3.21. The summed E-state index contributed by atoms with van der Waals surface area (Å²) in [6, 6.07) is 6.25. The molecule has 1 aromatic carbocycles. The van der Waals surface area contributed by atoms with E-state index in [1.165, 1.54) is 22.5 Å². The summed E-state index contributed by atoms with van der Waals surface area (Å²) in [6.45, 7) is 0.798. The minimum atomic E-state index is 0.798. The molecule has 1 aromatic heterocycles. The molecule has 0 atom stereocenters. The van der Waals surface area contributed by atoms with Crippen molar-refractivity contribution >= 4 is 37.5 Å². The summed E-state index contributed by atoms with van der Waals surface area (Å²) in [6.07, 6.45) is 4.60. The first-order valence-electron chi connectivity index (χ1n) is 5.54. The van der Waals surface area contributed by atoms with Crippen molar-refractivity contribution in [1.29, 1.82) is 0 Å². The Kier molecular flexibility index (Phi) is 4.32. The molecule has 0 radical (unpaired) electrons. The van der Waals surface area contributed by atoms with Crippen LogP contribution in [0.4, 0.5) is 0 Å². The van der Waals surface area contributed by atoms with Crippen LogP contribution in [0.15, 0.2) is 22.7 Å². The molecule has 2 rings (SSSR count). The van der Waals surface area contributed by atoms with Crippen LogP contribution in [-0.2, 0) is 6.42 Å². The zero-order valence-electron chi connectivity index (χ0n) is 9.08. The lowest BCUT2D eigenvalue weighted by molar-refractivity contribution is 0.685. The van der Waals surface area contributed by atoms with E-state index in [1.54, 1.807) is 11.3 Å². The monoisotopic (exact) mass is 298 g/mol. The van der Waals surface area contributed by atoms with Crippen LogP contribution in [-0.4, -0.2) is 11.5 Å². The Morgan fingerprint density at radius 3 is 2.94 bits per heavy atom. The molecule has 0 aliphatic rings. The average Bonchev–Trinajstić information content (AvgIpc) is 2.66. The summed E-state index contributed by atoms with van der Waals surface area (Å²) in [5, 5.41) is 1.24. The highest BCUT2D eigenvalue weighted by Gasteiger charge is 2.03. The van der Waals surface area contributed by atoms with Crippen molar-refractivity contribution in [2.75, 3.05) is 6.54 Å². The molecule has 16 heavy (non-hydrogen) atoms. The van der Waals surface area contributed by atoms with E-state index in [0.717, 1.165) is 29.4 Å². The molecule has 0 aliphatic carbocycles. The van der Waals surface area contributed by atoms with Crippen molar-refractivity contribution in [3.05, 3.63) is 27.7 Å². The Balaban J connectivity index is 2.02. The van der Waals surface area contributed by atoms with Gasteiger partial charge in [0.1, 0.15) is 0 Å². The number of nitrogens with zero attached hydrogens (tertiary/aromatic N) is 1. The number of aryl methyl sites for hydroxylation is 1. The number of fused-ring (bicyclic) bond motifs is 1. The molecular weight excluding hydrogens is 284 g/mol. The van der Waals surface area contributed by atoms with Crippen molar-refractivity contribution < 1.29 is 0 Å². The minimum absolute atomic E-state index is 0.798. The lowest BCUT2D eigenvalue weighted by Crippen LogP contribution is -1.98. The first-order chi connectivity index (χ1) is 7.79. The van der Waals surface area contributed by atoms with Gasteiger partial charge >= 0.3 is 0 Å². The maximum absolute atomic E-state index is 5.47. The molecular formula is C12H15BrN2S. The van der Waals surface area contributed by atoms with Gasteiger partial charge in [0, 0.05) is 4.47 Å². The van der Waals surface area contributed by atoms with Gasteiger partial charge in [-0.1, -0.05) is 22.4 Å². The molecule has 0 spiro atoms. The number of benzene rings is 1. The van der Waals surface area contributed by atoms with E-state index in [1.807, 2.05) is 6.07 Å². The van der Waals surface area contributed by atoms with E-state index in [9.17, 15) is 0 Å². The number of hydrogen-bond donors (Lipinski definition) is 1. The van der Waals surface area contributed by atoms with Crippen LogP contribution in [0.2, 0.25) is 0 Å². The second-order valence-corrected chi connectivity index (χ2v) is 5.85. The maximum Gasteiger partial charge on any atom is 0.0938 e. The number of halogens is 1. The predicted octanol–water partition coefficient (Wildman–Crippen LogP) is 3.73. The van der Waals surface area contributed by atoms with Gasteiger partial charge in [-0.3, -0.25) is 0 Å². The summed E-state index contributed by atoms with van der Waals surface area (Å²) in [5.74, 6) is 0. The number of aromatic nitrogens is 1. The first-order valence-corrected chi connectivity index (χ1v) is 7.15. The Morgan fingerprint density at radius 1 is 1.25 bits per heavy atom. The third kappa shape index (κ3) is 3.03. The zero-order chi connectivity index (χ0) is 11.4. The molecule has 2 nitrogen and oxygen atoms in total. The highest BCUT2D eigenvalue weighted by molar-refractivity contribution is 9.10. The van der Waals surface area contributed by atoms with Crippen LogP contribution in [0.5, 0.6) is 0 Å². The smallest absolute Gasteiger partial charge is 0.0938 e. The number of rotatable bonds is 5. The lowest BCUT2D eigenvalue weighted by atomic mass is 10.2. The highest BCUT2D eigenvalue weighted by Crippen LogP contribution is 2.26. The summed E-state index contributed by atoms with van der Waals surface area (Å²) < 4.78 is 2.39. The molecule has 0 saturated heterocycles. The van der Waals surface area contributed by atoms with Gasteiger partial charge in [0.05, 0.1) is 15.2 Å². The van der Waals surface area contributed by atoms with Crippen LogP contribution < -0.4 is 5.73 Å². The molecule has 0 bridgehead atoms. The molecule has 0 unspecified atom stereocenters. The maximum atomic E-state index is 5.47. The lowest BCUT2D eigenvalue weighted by Gasteiger charge is -1.95. The average molecular weight is 299 g/mol. The third-order valence-electron chi connectivity index (χ3n) is 2.49. The largest absolute Gasteiger partial charge is 0.330 e. The SMILES string of the molecule is NCCCCCc1nc2ccc(Br)cc2s1. The van der Waals surface area contributed by atoms with Crippen LogP contribution in [0, 0.1) is 0 Å². The molecule has 86 valence electrons. The highest BCUT2D eigenvalue weighted by atomic mass is 79.9.